The molecule has 1 saturated carbocycles. The molecule has 4 atom stereocenters. The van der Waals surface area contributed by atoms with Gasteiger partial charge in [-0.05, 0) is 65.2 Å². The fourth-order valence-corrected chi connectivity index (χ4v) is 5.51. The van der Waals surface area contributed by atoms with Crippen molar-refractivity contribution in [3.63, 3.8) is 0 Å². The van der Waals surface area contributed by atoms with Crippen LogP contribution in [0.5, 0.6) is 5.75 Å². The molecule has 0 aliphatic heterocycles. The van der Waals surface area contributed by atoms with Gasteiger partial charge in [-0.1, -0.05) is 33.8 Å². The van der Waals surface area contributed by atoms with Crippen molar-refractivity contribution in [3.8, 4) is 5.75 Å². The summed E-state index contributed by atoms with van der Waals surface area (Å²) in [5.74, 6) is 0.746. The SMILES string of the molecule is C[C@H](CO)c1cc2c(cc1O)[C@@]1(C)C[C@H](O)CC(C)(C)[C@@H]1CC2. The van der Waals surface area contributed by atoms with E-state index in [-0.39, 0.29) is 35.2 Å². The van der Waals surface area contributed by atoms with Gasteiger partial charge in [-0.15, -0.1) is 0 Å². The Kier molecular flexibility index (Phi) is 4.01. The zero-order valence-electron chi connectivity index (χ0n) is 14.8. The summed E-state index contributed by atoms with van der Waals surface area (Å²) in [4.78, 5) is 0. The lowest BCUT2D eigenvalue weighted by atomic mass is 9.49. The lowest BCUT2D eigenvalue weighted by Gasteiger charge is -2.55. The van der Waals surface area contributed by atoms with Gasteiger partial charge in [0.15, 0.2) is 0 Å². The molecule has 3 nitrogen and oxygen atoms in total. The number of phenolic OH excluding ortho intramolecular Hbond substituents is 1. The summed E-state index contributed by atoms with van der Waals surface area (Å²) in [5, 5.41) is 30.3. The third kappa shape index (κ3) is 2.58. The van der Waals surface area contributed by atoms with E-state index in [9.17, 15) is 15.3 Å². The molecule has 0 bridgehead atoms. The molecule has 0 heterocycles. The maximum Gasteiger partial charge on any atom is 0.119 e. The molecule has 0 saturated heterocycles. The van der Waals surface area contributed by atoms with Crippen LogP contribution in [0.3, 0.4) is 0 Å². The molecule has 3 heteroatoms. The van der Waals surface area contributed by atoms with Crippen molar-refractivity contribution < 1.29 is 15.3 Å². The highest BCUT2D eigenvalue weighted by molar-refractivity contribution is 5.49. The molecular weight excluding hydrogens is 288 g/mol. The topological polar surface area (TPSA) is 60.7 Å². The highest BCUT2D eigenvalue weighted by Crippen LogP contribution is 2.57. The third-order valence-corrected chi connectivity index (χ3v) is 6.51. The van der Waals surface area contributed by atoms with E-state index in [0.717, 1.165) is 31.2 Å². The van der Waals surface area contributed by atoms with E-state index in [1.807, 2.05) is 13.0 Å². The van der Waals surface area contributed by atoms with Crippen LogP contribution < -0.4 is 0 Å². The van der Waals surface area contributed by atoms with E-state index in [2.05, 4.69) is 26.8 Å². The number of aryl methyl sites for hydroxylation is 1. The summed E-state index contributed by atoms with van der Waals surface area (Å²) in [6.07, 6.45) is 3.48. The van der Waals surface area contributed by atoms with Gasteiger partial charge < -0.3 is 15.3 Å². The third-order valence-electron chi connectivity index (χ3n) is 6.51. The first-order valence-corrected chi connectivity index (χ1v) is 8.84. The Balaban J connectivity index is 2.11. The lowest BCUT2D eigenvalue weighted by molar-refractivity contribution is -0.0384. The van der Waals surface area contributed by atoms with Crippen LogP contribution >= 0.6 is 0 Å². The second-order valence-corrected chi connectivity index (χ2v) is 8.71. The van der Waals surface area contributed by atoms with Crippen LogP contribution in [0.2, 0.25) is 0 Å². The van der Waals surface area contributed by atoms with E-state index in [4.69, 9.17) is 0 Å². The molecule has 23 heavy (non-hydrogen) atoms. The maximum absolute atomic E-state index is 10.5. The molecule has 0 unspecified atom stereocenters. The van der Waals surface area contributed by atoms with Crippen LogP contribution in [0, 0.1) is 11.3 Å². The summed E-state index contributed by atoms with van der Waals surface area (Å²) < 4.78 is 0. The number of phenols is 1. The zero-order chi connectivity index (χ0) is 17.0. The monoisotopic (exact) mass is 318 g/mol. The molecular formula is C20H30O3. The van der Waals surface area contributed by atoms with Crippen LogP contribution in [0.4, 0.5) is 0 Å². The molecule has 0 aromatic heterocycles. The molecule has 0 radical (unpaired) electrons. The van der Waals surface area contributed by atoms with Gasteiger partial charge in [0.2, 0.25) is 0 Å². The van der Waals surface area contributed by atoms with Crippen LogP contribution in [-0.2, 0) is 11.8 Å². The summed E-state index contributed by atoms with van der Waals surface area (Å²) in [7, 11) is 0. The Hall–Kier alpha value is -1.06. The second kappa shape index (κ2) is 5.49. The average molecular weight is 318 g/mol. The highest BCUT2D eigenvalue weighted by Gasteiger charge is 2.52. The molecule has 3 rings (SSSR count). The number of rotatable bonds is 2. The van der Waals surface area contributed by atoms with Gasteiger partial charge in [0.1, 0.15) is 5.75 Å². The molecule has 128 valence electrons. The largest absolute Gasteiger partial charge is 0.508 e. The number of hydrogen-bond donors (Lipinski definition) is 3. The Morgan fingerprint density at radius 3 is 2.57 bits per heavy atom. The van der Waals surface area contributed by atoms with E-state index in [1.165, 1.54) is 11.1 Å². The molecule has 1 aromatic carbocycles. The Morgan fingerprint density at radius 1 is 1.22 bits per heavy atom. The van der Waals surface area contributed by atoms with Gasteiger partial charge in [-0.2, -0.15) is 0 Å². The van der Waals surface area contributed by atoms with E-state index < -0.39 is 0 Å². The number of aliphatic hydroxyl groups is 2. The van der Waals surface area contributed by atoms with E-state index in [1.54, 1.807) is 0 Å². The van der Waals surface area contributed by atoms with Gasteiger partial charge in [-0.3, -0.25) is 0 Å². The Labute approximate surface area is 139 Å². The average Bonchev–Trinajstić information content (AvgIpc) is 2.44. The quantitative estimate of drug-likeness (QED) is 0.782. The molecule has 1 aromatic rings. The van der Waals surface area contributed by atoms with Crippen LogP contribution in [0.1, 0.15) is 69.6 Å². The predicted molar refractivity (Wildman–Crippen MR) is 91.8 cm³/mol. The smallest absolute Gasteiger partial charge is 0.119 e. The zero-order valence-corrected chi connectivity index (χ0v) is 14.8. The number of aliphatic hydroxyl groups excluding tert-OH is 2. The summed E-state index contributed by atoms with van der Waals surface area (Å²) in [5.41, 5.74) is 3.34. The van der Waals surface area contributed by atoms with Gasteiger partial charge >= 0.3 is 0 Å². The van der Waals surface area contributed by atoms with Crippen molar-refractivity contribution >= 4 is 0 Å². The minimum absolute atomic E-state index is 0.0397. The van der Waals surface area contributed by atoms with Crippen molar-refractivity contribution in [2.24, 2.45) is 11.3 Å². The first kappa shape index (κ1) is 16.8. The van der Waals surface area contributed by atoms with Crippen molar-refractivity contribution in [2.75, 3.05) is 6.61 Å². The predicted octanol–water partition coefficient (Wildman–Crippen LogP) is 3.49. The van der Waals surface area contributed by atoms with Crippen LogP contribution in [0.25, 0.3) is 0 Å². The number of aromatic hydroxyl groups is 1. The van der Waals surface area contributed by atoms with Gasteiger partial charge in [0.25, 0.3) is 0 Å². The number of fused-ring (bicyclic) bond motifs is 3. The van der Waals surface area contributed by atoms with Crippen LogP contribution in [-0.4, -0.2) is 28.0 Å². The minimum Gasteiger partial charge on any atom is -0.508 e. The van der Waals surface area contributed by atoms with E-state index >= 15 is 0 Å². The maximum atomic E-state index is 10.5. The number of benzene rings is 1. The molecule has 0 amide bonds. The van der Waals surface area contributed by atoms with Crippen molar-refractivity contribution in [1.29, 1.82) is 0 Å². The van der Waals surface area contributed by atoms with E-state index in [0.29, 0.717) is 5.92 Å². The molecule has 2 aliphatic carbocycles. The second-order valence-electron chi connectivity index (χ2n) is 8.71. The fraction of sp³-hybridized carbons (Fsp3) is 0.700. The van der Waals surface area contributed by atoms with Gasteiger partial charge in [0, 0.05) is 12.5 Å². The fourth-order valence-electron chi connectivity index (χ4n) is 5.51. The molecule has 2 aliphatic rings. The summed E-state index contributed by atoms with van der Waals surface area (Å²) >= 11 is 0. The number of hydrogen-bond acceptors (Lipinski definition) is 3. The highest BCUT2D eigenvalue weighted by atomic mass is 16.3. The Bertz CT molecular complexity index is 607. The molecule has 0 spiro atoms. The molecule has 1 fully saturated rings. The first-order valence-electron chi connectivity index (χ1n) is 8.84. The van der Waals surface area contributed by atoms with Gasteiger partial charge in [0.05, 0.1) is 6.10 Å². The van der Waals surface area contributed by atoms with Crippen LogP contribution in [0.15, 0.2) is 12.1 Å². The van der Waals surface area contributed by atoms with Gasteiger partial charge in [-0.25, -0.2) is 0 Å². The summed E-state index contributed by atoms with van der Waals surface area (Å²) in [6.45, 7) is 8.77. The minimum atomic E-state index is -0.282. The Morgan fingerprint density at radius 2 is 1.91 bits per heavy atom. The molecule has 3 N–H and O–H groups in total. The summed E-state index contributed by atoms with van der Waals surface area (Å²) in [6, 6.07) is 4.00. The normalized spacial score (nSPS) is 33.7. The van der Waals surface area contributed by atoms with Crippen molar-refractivity contribution in [2.45, 2.75) is 70.8 Å². The van der Waals surface area contributed by atoms with Crippen molar-refractivity contribution in [3.05, 3.63) is 28.8 Å². The van der Waals surface area contributed by atoms with Crippen molar-refractivity contribution in [1.82, 2.24) is 0 Å². The lowest BCUT2D eigenvalue weighted by Crippen LogP contribution is -2.52. The first-order chi connectivity index (χ1) is 10.7. The standard InChI is InChI=1S/C20H30O3/c1-12(11-21)15-7-13-5-6-18-19(2,3)9-14(22)10-20(18,4)16(13)8-17(15)23/h7-8,12,14,18,21-23H,5-6,9-11H2,1-4H3/t12-,14-,18+,20-/m1/s1.